The zero-order valence-corrected chi connectivity index (χ0v) is 26.8. The maximum atomic E-state index is 13.5. The molecule has 3 aromatic carbocycles. The number of nitrogens with one attached hydrogen (secondary N) is 3. The topological polar surface area (TPSA) is 146 Å². The Balaban J connectivity index is 1.39. The third-order valence-electron chi connectivity index (χ3n) is 7.19. The van der Waals surface area contributed by atoms with Gasteiger partial charge in [-0.3, -0.25) is 14.9 Å². The first-order chi connectivity index (χ1) is 22.5. The molecule has 0 atom stereocenters. The van der Waals surface area contributed by atoms with Gasteiger partial charge >= 0.3 is 12.0 Å². The number of amides is 3. The molecule has 0 unspecified atom stereocenters. The number of methoxy groups -OCH3 is 1. The number of carbonyl (C=O) groups is 3. The summed E-state index contributed by atoms with van der Waals surface area (Å²) in [4.78, 5) is 41.0. The van der Waals surface area contributed by atoms with Gasteiger partial charge in [-0.15, -0.1) is 0 Å². The highest BCUT2D eigenvalue weighted by atomic mass is 16.5. The van der Waals surface area contributed by atoms with E-state index in [1.54, 1.807) is 35.0 Å². The van der Waals surface area contributed by atoms with E-state index in [4.69, 9.17) is 19.3 Å². The number of aromatic nitrogens is 3. The first kappa shape index (κ1) is 32.6. The molecule has 0 fully saturated rings. The number of hydrogen-bond donors (Lipinski definition) is 3. The Kier molecular flexibility index (Phi) is 9.81. The SMILES string of the molecule is COCC(=O)Nc1cc(Oc2ccc(NC(=O)Nc3cc(C(C)(C)COC(C)=O)nn3-c3ccc(C)cc3)c3ccccc23)ccn1. The molecular formula is C35H36N6O6. The monoisotopic (exact) mass is 636 g/mol. The highest BCUT2D eigenvalue weighted by Gasteiger charge is 2.28. The van der Waals surface area contributed by atoms with Crippen LogP contribution in [0.2, 0.25) is 0 Å². The number of hydrogen-bond acceptors (Lipinski definition) is 8. The van der Waals surface area contributed by atoms with Crippen LogP contribution >= 0.6 is 0 Å². The summed E-state index contributed by atoms with van der Waals surface area (Å²) in [6.07, 6.45) is 1.53. The first-order valence-electron chi connectivity index (χ1n) is 14.9. The van der Waals surface area contributed by atoms with Gasteiger partial charge in [0.05, 0.1) is 17.1 Å². The van der Waals surface area contributed by atoms with Crippen molar-refractivity contribution in [2.45, 2.75) is 33.1 Å². The minimum Gasteiger partial charge on any atom is -0.465 e. The van der Waals surface area contributed by atoms with Crippen molar-refractivity contribution in [1.29, 1.82) is 0 Å². The van der Waals surface area contributed by atoms with Crippen LogP contribution in [0.5, 0.6) is 11.5 Å². The lowest BCUT2D eigenvalue weighted by Gasteiger charge is -2.21. The standard InChI is InChI=1S/C35H36N6O6/c1-22-10-12-24(13-11-22)41-32(19-30(40-41)35(3,4)21-46-23(2)42)39-34(44)37-28-14-15-29(27-9-7-6-8-26(27)28)47-25-16-17-36-31(18-25)38-33(43)20-45-5/h6-19H,20-21H2,1-5H3,(H,36,38,43)(H2,37,39,44). The molecule has 3 N–H and O–H groups in total. The Morgan fingerprint density at radius 3 is 2.36 bits per heavy atom. The second-order valence-corrected chi connectivity index (χ2v) is 11.5. The third-order valence-corrected chi connectivity index (χ3v) is 7.19. The summed E-state index contributed by atoms with van der Waals surface area (Å²) in [6.45, 7) is 7.22. The summed E-state index contributed by atoms with van der Waals surface area (Å²) < 4.78 is 18.0. The van der Waals surface area contributed by atoms with E-state index in [2.05, 4.69) is 20.9 Å². The molecule has 47 heavy (non-hydrogen) atoms. The van der Waals surface area contributed by atoms with E-state index in [-0.39, 0.29) is 25.1 Å². The molecule has 0 radical (unpaired) electrons. The summed E-state index contributed by atoms with van der Waals surface area (Å²) in [6, 6.07) is 23.4. The van der Waals surface area contributed by atoms with Gasteiger partial charge in [0.2, 0.25) is 0 Å². The van der Waals surface area contributed by atoms with E-state index in [0.717, 1.165) is 22.0 Å². The number of aryl methyl sites for hydroxylation is 1. The lowest BCUT2D eigenvalue weighted by atomic mass is 9.90. The number of anilines is 3. The van der Waals surface area contributed by atoms with Gasteiger partial charge in [-0.05, 0) is 37.3 Å². The zero-order valence-electron chi connectivity index (χ0n) is 26.8. The van der Waals surface area contributed by atoms with Crippen molar-refractivity contribution < 1.29 is 28.6 Å². The summed E-state index contributed by atoms with van der Waals surface area (Å²) in [5.74, 6) is 1.06. The highest BCUT2D eigenvalue weighted by Crippen LogP contribution is 2.35. The van der Waals surface area contributed by atoms with E-state index >= 15 is 0 Å². The average molecular weight is 637 g/mol. The number of rotatable bonds is 11. The van der Waals surface area contributed by atoms with Crippen molar-refractivity contribution in [3.05, 3.63) is 96.3 Å². The van der Waals surface area contributed by atoms with Gasteiger partial charge in [-0.1, -0.05) is 55.8 Å². The summed E-state index contributed by atoms with van der Waals surface area (Å²) in [5, 5.41) is 14.8. The Morgan fingerprint density at radius 1 is 0.894 bits per heavy atom. The predicted octanol–water partition coefficient (Wildman–Crippen LogP) is 6.59. The van der Waals surface area contributed by atoms with E-state index in [1.165, 1.54) is 20.2 Å². The third kappa shape index (κ3) is 8.10. The molecule has 0 bridgehead atoms. The summed E-state index contributed by atoms with van der Waals surface area (Å²) in [7, 11) is 1.44. The number of nitrogens with zero attached hydrogens (tertiary/aromatic N) is 3. The van der Waals surface area contributed by atoms with Crippen molar-refractivity contribution >= 4 is 46.0 Å². The Hall–Kier alpha value is -5.75. The number of fused-ring (bicyclic) bond motifs is 1. The second kappa shape index (κ2) is 14.1. The van der Waals surface area contributed by atoms with Crippen LogP contribution in [0, 0.1) is 6.92 Å². The van der Waals surface area contributed by atoms with E-state index < -0.39 is 11.4 Å². The minimum atomic E-state index is -0.619. The van der Waals surface area contributed by atoms with Crippen molar-refractivity contribution in [2.24, 2.45) is 0 Å². The molecule has 12 nitrogen and oxygen atoms in total. The van der Waals surface area contributed by atoms with Crippen LogP contribution in [0.4, 0.5) is 22.1 Å². The Labute approximate surface area is 272 Å². The Bertz CT molecular complexity index is 1920. The number of benzene rings is 3. The molecular weight excluding hydrogens is 600 g/mol. The number of esters is 1. The smallest absolute Gasteiger partial charge is 0.324 e. The fraction of sp³-hybridized carbons (Fsp3) is 0.229. The number of pyridine rings is 1. The van der Waals surface area contributed by atoms with Crippen LogP contribution in [0.25, 0.3) is 16.5 Å². The molecule has 0 aliphatic heterocycles. The van der Waals surface area contributed by atoms with Gasteiger partial charge in [0, 0.05) is 48.6 Å². The average Bonchev–Trinajstić information content (AvgIpc) is 3.46. The molecule has 5 rings (SSSR count). The summed E-state index contributed by atoms with van der Waals surface area (Å²) in [5.41, 5.74) is 2.42. The number of carbonyl (C=O) groups excluding carboxylic acids is 3. The molecule has 0 aliphatic carbocycles. The molecule has 2 aromatic heterocycles. The van der Waals surface area contributed by atoms with Gasteiger partial charge in [-0.25, -0.2) is 14.5 Å². The van der Waals surface area contributed by atoms with Crippen LogP contribution in [-0.4, -0.2) is 53.0 Å². The van der Waals surface area contributed by atoms with Gasteiger partial charge in [0.15, 0.2) is 0 Å². The first-order valence-corrected chi connectivity index (χ1v) is 14.9. The molecule has 0 spiro atoms. The van der Waals surface area contributed by atoms with Gasteiger partial charge in [0.1, 0.15) is 36.3 Å². The lowest BCUT2D eigenvalue weighted by Crippen LogP contribution is -2.26. The van der Waals surface area contributed by atoms with Gasteiger partial charge in [0.25, 0.3) is 5.91 Å². The molecule has 0 saturated heterocycles. The van der Waals surface area contributed by atoms with Crippen LogP contribution in [0.1, 0.15) is 32.0 Å². The minimum absolute atomic E-state index is 0.0943. The molecule has 12 heteroatoms. The number of ether oxygens (including phenoxy) is 3. The van der Waals surface area contributed by atoms with Crippen LogP contribution in [0.3, 0.4) is 0 Å². The molecule has 242 valence electrons. The van der Waals surface area contributed by atoms with Crippen molar-refractivity contribution in [3.63, 3.8) is 0 Å². The van der Waals surface area contributed by atoms with Crippen molar-refractivity contribution in [3.8, 4) is 17.2 Å². The Morgan fingerprint density at radius 2 is 1.64 bits per heavy atom. The van der Waals surface area contributed by atoms with Gasteiger partial charge < -0.3 is 24.8 Å². The van der Waals surface area contributed by atoms with E-state index in [1.807, 2.05) is 69.3 Å². The quantitative estimate of drug-likeness (QED) is 0.138. The number of urea groups is 1. The molecule has 5 aromatic rings. The van der Waals surface area contributed by atoms with E-state index in [0.29, 0.717) is 34.5 Å². The lowest BCUT2D eigenvalue weighted by molar-refractivity contribution is -0.142. The predicted molar refractivity (Wildman–Crippen MR) is 179 cm³/mol. The maximum absolute atomic E-state index is 13.5. The van der Waals surface area contributed by atoms with Crippen LogP contribution in [0.15, 0.2) is 85.1 Å². The van der Waals surface area contributed by atoms with E-state index in [9.17, 15) is 14.4 Å². The van der Waals surface area contributed by atoms with Crippen LogP contribution in [-0.2, 0) is 24.5 Å². The highest BCUT2D eigenvalue weighted by molar-refractivity contribution is 6.07. The van der Waals surface area contributed by atoms with Gasteiger partial charge in [-0.2, -0.15) is 5.10 Å². The normalized spacial score (nSPS) is 11.2. The summed E-state index contributed by atoms with van der Waals surface area (Å²) >= 11 is 0. The zero-order chi connectivity index (χ0) is 33.6. The molecule has 3 amide bonds. The molecule has 0 aliphatic rings. The molecule has 0 saturated carbocycles. The maximum Gasteiger partial charge on any atom is 0.324 e. The van der Waals surface area contributed by atoms with Crippen molar-refractivity contribution in [2.75, 3.05) is 36.3 Å². The van der Waals surface area contributed by atoms with Crippen LogP contribution < -0.4 is 20.7 Å². The largest absolute Gasteiger partial charge is 0.465 e. The fourth-order valence-corrected chi connectivity index (χ4v) is 4.76. The molecule has 2 heterocycles. The van der Waals surface area contributed by atoms with Crippen molar-refractivity contribution in [1.82, 2.24) is 14.8 Å². The fourth-order valence-electron chi connectivity index (χ4n) is 4.76. The second-order valence-electron chi connectivity index (χ2n) is 11.5.